The highest BCUT2D eigenvalue weighted by molar-refractivity contribution is 5.71. The number of hydrogen-bond acceptors (Lipinski definition) is 4. The van der Waals surface area contributed by atoms with Crippen LogP contribution in [0, 0.1) is 0 Å². The van der Waals surface area contributed by atoms with Gasteiger partial charge in [-0.15, -0.1) is 0 Å². The number of carbonyl (C=O) groups is 1. The molecule has 0 aromatic heterocycles. The van der Waals surface area contributed by atoms with Crippen molar-refractivity contribution >= 4 is 5.97 Å². The lowest BCUT2D eigenvalue weighted by Gasteiger charge is -2.13. The Morgan fingerprint density at radius 3 is 2.07 bits per heavy atom. The molecule has 15 heavy (non-hydrogen) atoms. The molecule has 90 valence electrons. The van der Waals surface area contributed by atoms with E-state index in [1.807, 2.05) is 0 Å². The van der Waals surface area contributed by atoms with Crippen LogP contribution in [0.4, 0.5) is 0 Å². The zero-order chi connectivity index (χ0) is 11.7. The molecular weight excluding hydrogens is 196 g/mol. The molecule has 0 aromatic rings. The van der Waals surface area contributed by atoms with Gasteiger partial charge in [0.2, 0.25) is 6.23 Å². The molecule has 1 rings (SSSR count). The molecule has 5 heteroatoms. The number of carboxylic acids is 1. The summed E-state index contributed by atoms with van der Waals surface area (Å²) in [5.74, 6) is -0.942. The third kappa shape index (κ3) is 6.43. The molecule has 1 atom stereocenters. The maximum atomic E-state index is 10.0. The van der Waals surface area contributed by atoms with Crippen molar-refractivity contribution in [2.75, 3.05) is 32.8 Å². The highest BCUT2D eigenvalue weighted by Crippen LogP contribution is 1.92. The molecule has 1 aliphatic heterocycles. The SMILES string of the molecule is CCN(CC)CC.O=C(O)C1NCCO1. The van der Waals surface area contributed by atoms with E-state index in [4.69, 9.17) is 9.84 Å². The van der Waals surface area contributed by atoms with Crippen LogP contribution in [-0.4, -0.2) is 55.0 Å². The van der Waals surface area contributed by atoms with Crippen molar-refractivity contribution < 1.29 is 14.6 Å². The van der Waals surface area contributed by atoms with Gasteiger partial charge < -0.3 is 14.7 Å². The molecule has 0 aromatic carbocycles. The molecule has 0 radical (unpaired) electrons. The van der Waals surface area contributed by atoms with Crippen LogP contribution in [0.15, 0.2) is 0 Å². The lowest BCUT2D eigenvalue weighted by atomic mass is 10.5. The van der Waals surface area contributed by atoms with Gasteiger partial charge in [0.15, 0.2) is 0 Å². The second-order valence-corrected chi connectivity index (χ2v) is 3.16. The van der Waals surface area contributed by atoms with Crippen molar-refractivity contribution in [3.05, 3.63) is 0 Å². The van der Waals surface area contributed by atoms with Gasteiger partial charge in [-0.3, -0.25) is 5.32 Å². The Balaban J connectivity index is 0.000000265. The van der Waals surface area contributed by atoms with Crippen molar-refractivity contribution in [2.24, 2.45) is 0 Å². The Bertz CT molecular complexity index is 161. The van der Waals surface area contributed by atoms with Gasteiger partial charge in [-0.1, -0.05) is 20.8 Å². The number of nitrogens with zero attached hydrogens (tertiary/aromatic N) is 1. The van der Waals surface area contributed by atoms with Crippen molar-refractivity contribution in [1.29, 1.82) is 0 Å². The quantitative estimate of drug-likeness (QED) is 0.713. The number of aliphatic carboxylic acids is 1. The second-order valence-electron chi connectivity index (χ2n) is 3.16. The molecule has 0 aliphatic carbocycles. The van der Waals surface area contributed by atoms with Crippen molar-refractivity contribution in [3.8, 4) is 0 Å². The predicted molar refractivity (Wildman–Crippen MR) is 58.8 cm³/mol. The smallest absolute Gasteiger partial charge is 0.348 e. The van der Waals surface area contributed by atoms with Crippen LogP contribution in [0.25, 0.3) is 0 Å². The molecule has 2 N–H and O–H groups in total. The topological polar surface area (TPSA) is 61.8 Å². The normalized spacial score (nSPS) is 19.9. The Morgan fingerprint density at radius 2 is 1.93 bits per heavy atom. The van der Waals surface area contributed by atoms with E-state index >= 15 is 0 Å². The van der Waals surface area contributed by atoms with E-state index in [9.17, 15) is 4.79 Å². The third-order valence-corrected chi connectivity index (χ3v) is 2.28. The largest absolute Gasteiger partial charge is 0.478 e. The first-order valence-electron chi connectivity index (χ1n) is 5.45. The molecule has 5 nitrogen and oxygen atoms in total. The van der Waals surface area contributed by atoms with E-state index in [1.165, 1.54) is 19.6 Å². The molecule has 1 heterocycles. The van der Waals surface area contributed by atoms with E-state index in [2.05, 4.69) is 31.0 Å². The zero-order valence-electron chi connectivity index (χ0n) is 9.82. The monoisotopic (exact) mass is 218 g/mol. The van der Waals surface area contributed by atoms with Gasteiger partial charge >= 0.3 is 5.97 Å². The van der Waals surface area contributed by atoms with Gasteiger partial charge in [0.05, 0.1) is 6.61 Å². The maximum Gasteiger partial charge on any atom is 0.348 e. The number of hydrogen-bond donors (Lipinski definition) is 2. The number of rotatable bonds is 4. The summed E-state index contributed by atoms with van der Waals surface area (Å²) in [4.78, 5) is 12.4. The Hall–Kier alpha value is -0.650. The fourth-order valence-electron chi connectivity index (χ4n) is 1.26. The van der Waals surface area contributed by atoms with E-state index in [0.29, 0.717) is 13.2 Å². The lowest BCUT2D eigenvalue weighted by Crippen LogP contribution is -2.31. The van der Waals surface area contributed by atoms with Gasteiger partial charge in [0.1, 0.15) is 0 Å². The molecular formula is C10H22N2O3. The number of carboxylic acid groups (broad SMARTS) is 1. The molecule has 1 saturated heterocycles. The number of ether oxygens (including phenoxy) is 1. The highest BCUT2D eigenvalue weighted by Gasteiger charge is 2.20. The summed E-state index contributed by atoms with van der Waals surface area (Å²) in [5, 5.41) is 10.9. The second kappa shape index (κ2) is 8.64. The van der Waals surface area contributed by atoms with Crippen molar-refractivity contribution in [1.82, 2.24) is 10.2 Å². The zero-order valence-corrected chi connectivity index (χ0v) is 9.82. The summed E-state index contributed by atoms with van der Waals surface area (Å²) in [6, 6.07) is 0. The Morgan fingerprint density at radius 1 is 1.40 bits per heavy atom. The average molecular weight is 218 g/mol. The fraction of sp³-hybridized carbons (Fsp3) is 0.900. The molecule has 1 aliphatic rings. The minimum absolute atomic E-state index is 0.497. The summed E-state index contributed by atoms with van der Waals surface area (Å²) >= 11 is 0. The first kappa shape index (κ1) is 14.3. The summed E-state index contributed by atoms with van der Waals surface area (Å²) in [6.07, 6.45) is -0.769. The van der Waals surface area contributed by atoms with Crippen LogP contribution in [0.2, 0.25) is 0 Å². The van der Waals surface area contributed by atoms with Gasteiger partial charge in [-0.25, -0.2) is 4.79 Å². The molecule has 0 bridgehead atoms. The van der Waals surface area contributed by atoms with Crippen LogP contribution < -0.4 is 5.32 Å². The minimum atomic E-state index is -0.942. The summed E-state index contributed by atoms with van der Waals surface area (Å²) < 4.78 is 4.70. The maximum absolute atomic E-state index is 10.0. The summed E-state index contributed by atoms with van der Waals surface area (Å²) in [6.45, 7) is 11.3. The minimum Gasteiger partial charge on any atom is -0.478 e. The first-order valence-corrected chi connectivity index (χ1v) is 5.45. The molecule has 1 fully saturated rings. The van der Waals surface area contributed by atoms with E-state index < -0.39 is 12.2 Å². The highest BCUT2D eigenvalue weighted by atomic mass is 16.5. The van der Waals surface area contributed by atoms with Crippen LogP contribution in [0.3, 0.4) is 0 Å². The van der Waals surface area contributed by atoms with E-state index in [0.717, 1.165) is 0 Å². The molecule has 0 spiro atoms. The van der Waals surface area contributed by atoms with E-state index in [-0.39, 0.29) is 0 Å². The van der Waals surface area contributed by atoms with Crippen molar-refractivity contribution in [2.45, 2.75) is 27.0 Å². The average Bonchev–Trinajstić information content (AvgIpc) is 2.74. The predicted octanol–water partition coefficient (Wildman–Crippen LogP) is 0.365. The Kier molecular flexibility index (Phi) is 8.27. The van der Waals surface area contributed by atoms with Crippen LogP contribution in [0.5, 0.6) is 0 Å². The summed E-state index contributed by atoms with van der Waals surface area (Å²) in [7, 11) is 0. The van der Waals surface area contributed by atoms with Gasteiger partial charge in [-0.05, 0) is 19.6 Å². The standard InChI is InChI=1S/C6H15N.C4H7NO3/c1-4-7(5-2)6-3;6-4(7)3-5-1-2-8-3/h4-6H2,1-3H3;3,5H,1-2H2,(H,6,7). The molecule has 1 unspecified atom stereocenters. The number of nitrogens with one attached hydrogen (secondary N) is 1. The van der Waals surface area contributed by atoms with E-state index in [1.54, 1.807) is 0 Å². The van der Waals surface area contributed by atoms with Crippen molar-refractivity contribution in [3.63, 3.8) is 0 Å². The third-order valence-electron chi connectivity index (χ3n) is 2.28. The van der Waals surface area contributed by atoms with Gasteiger partial charge in [0, 0.05) is 6.54 Å². The first-order chi connectivity index (χ1) is 7.15. The molecule has 0 amide bonds. The van der Waals surface area contributed by atoms with Gasteiger partial charge in [-0.2, -0.15) is 0 Å². The van der Waals surface area contributed by atoms with Crippen LogP contribution in [-0.2, 0) is 9.53 Å². The van der Waals surface area contributed by atoms with Gasteiger partial charge in [0.25, 0.3) is 0 Å². The van der Waals surface area contributed by atoms with Crippen LogP contribution >= 0.6 is 0 Å². The lowest BCUT2D eigenvalue weighted by molar-refractivity contribution is -0.148. The van der Waals surface area contributed by atoms with Crippen LogP contribution in [0.1, 0.15) is 20.8 Å². The Labute approximate surface area is 91.4 Å². The summed E-state index contributed by atoms with van der Waals surface area (Å²) in [5.41, 5.74) is 0. The molecule has 0 saturated carbocycles. The fourth-order valence-corrected chi connectivity index (χ4v) is 1.26.